The van der Waals surface area contributed by atoms with E-state index in [1.165, 1.54) is 25.0 Å². The Kier molecular flexibility index (Phi) is 14.7. The number of benzene rings is 4. The van der Waals surface area contributed by atoms with E-state index in [4.69, 9.17) is 32.2 Å². The van der Waals surface area contributed by atoms with E-state index in [-0.39, 0.29) is 36.9 Å². The summed E-state index contributed by atoms with van der Waals surface area (Å²) in [6, 6.07) is 36.1. The van der Waals surface area contributed by atoms with Gasteiger partial charge in [-0.05, 0) is 40.0 Å². The van der Waals surface area contributed by atoms with Crippen molar-refractivity contribution in [3.63, 3.8) is 0 Å². The molecular weight excluding hydrogens is 802 g/mol. The molecule has 1 N–H and O–H groups in total. The largest absolute Gasteiger partial charge is 0.497 e. The molecule has 314 valence electrons. The topological polar surface area (TPSA) is 160 Å². The number of nitrogens with zero attached hydrogens (tertiary/aromatic N) is 2. The lowest BCUT2D eigenvalue weighted by Gasteiger charge is -2.43. The van der Waals surface area contributed by atoms with E-state index < -0.39 is 52.7 Å². The number of rotatable bonds is 18. The summed E-state index contributed by atoms with van der Waals surface area (Å²) in [4.78, 5) is 42.4. The highest BCUT2D eigenvalue weighted by molar-refractivity contribution is 7.41. The Morgan fingerprint density at radius 2 is 1.52 bits per heavy atom. The van der Waals surface area contributed by atoms with Gasteiger partial charge >= 0.3 is 14.3 Å². The molecule has 6 rings (SSSR count). The van der Waals surface area contributed by atoms with Crippen molar-refractivity contribution in [2.45, 2.75) is 70.1 Å². The summed E-state index contributed by atoms with van der Waals surface area (Å²) in [5.74, 6) is 0.487. The molecule has 13 nitrogen and oxygen atoms in total. The zero-order chi connectivity index (χ0) is 42.9. The Morgan fingerprint density at radius 1 is 0.933 bits per heavy atom. The fourth-order valence-electron chi connectivity index (χ4n) is 7.34. The summed E-state index contributed by atoms with van der Waals surface area (Å²) in [6.07, 6.45) is -2.18. The Hall–Kier alpha value is -5.23. The van der Waals surface area contributed by atoms with E-state index in [0.29, 0.717) is 28.2 Å². The predicted octanol–water partition coefficient (Wildman–Crippen LogP) is 6.91. The molecule has 0 aliphatic carbocycles. The highest BCUT2D eigenvalue weighted by atomic mass is 31.2. The molecule has 1 aliphatic heterocycles. The number of carbonyl (C=O) groups excluding carboxylic acids is 1. The number of aryl methyl sites for hydroxylation is 1. The van der Waals surface area contributed by atoms with Gasteiger partial charge in [-0.15, -0.1) is 0 Å². The second-order valence-electron chi connectivity index (χ2n) is 15.3. The zero-order valence-corrected chi connectivity index (χ0v) is 36.4. The molecule has 0 amide bonds. The highest BCUT2D eigenvalue weighted by Gasteiger charge is 2.52. The van der Waals surface area contributed by atoms with Crippen LogP contribution in [0.25, 0.3) is 0 Å². The maximum atomic E-state index is 14.4. The summed E-state index contributed by atoms with van der Waals surface area (Å²) in [7, 11) is -2.48. The molecule has 0 saturated carbocycles. The molecule has 1 aromatic heterocycles. The van der Waals surface area contributed by atoms with Crippen molar-refractivity contribution in [1.29, 1.82) is 5.26 Å². The van der Waals surface area contributed by atoms with Crippen LogP contribution in [0.2, 0.25) is 5.04 Å². The van der Waals surface area contributed by atoms with Gasteiger partial charge in [-0.2, -0.15) is 5.26 Å². The summed E-state index contributed by atoms with van der Waals surface area (Å²) in [6.45, 7) is 8.08. The van der Waals surface area contributed by atoms with Gasteiger partial charge in [0.25, 0.3) is 13.9 Å². The van der Waals surface area contributed by atoms with Crippen molar-refractivity contribution in [2.24, 2.45) is 0 Å². The Morgan fingerprint density at radius 3 is 2.07 bits per heavy atom. The fourth-order valence-corrected chi connectivity index (χ4v) is 13.2. The molecule has 1 fully saturated rings. The third-order valence-electron chi connectivity index (χ3n) is 10.3. The van der Waals surface area contributed by atoms with Crippen LogP contribution in [0, 0.1) is 18.3 Å². The molecule has 1 saturated heterocycles. The Labute approximate surface area is 351 Å². The van der Waals surface area contributed by atoms with Crippen LogP contribution in [-0.4, -0.2) is 63.3 Å². The van der Waals surface area contributed by atoms with Crippen molar-refractivity contribution in [2.75, 3.05) is 27.4 Å². The number of hydrogen-bond acceptors (Lipinski definition) is 11. The standard InChI is InChI=1S/C45H50N3O10PSi/c1-31-29-48(44(51)47-43(31)50)40-28-38(39(56-40)30-55-60(45(2,3)4,36-19-12-8-13-20-36)37-21-14-9-15-22-37)57-59(54-24-16-23-46)58-42(41(49)32-17-10-7-11-18-32)33-25-34(52-5)27-35(26-33)53-6/h7-15,17-22,25-27,29,38-40,42H,16,24,28,30H2,1-6H3,(H,47,50,51)/t38-,39+,40+,42?,59?/m0/s1. The second kappa shape index (κ2) is 19.9. The lowest BCUT2D eigenvalue weighted by molar-refractivity contribution is -0.0423. The monoisotopic (exact) mass is 851 g/mol. The van der Waals surface area contributed by atoms with Crippen LogP contribution in [0.5, 0.6) is 11.5 Å². The van der Waals surface area contributed by atoms with Crippen molar-refractivity contribution < 1.29 is 37.0 Å². The maximum Gasteiger partial charge on any atom is 0.334 e. The number of nitrogens with one attached hydrogen (secondary N) is 1. The van der Waals surface area contributed by atoms with Gasteiger partial charge in [0.1, 0.15) is 23.8 Å². The van der Waals surface area contributed by atoms with E-state index in [1.807, 2.05) is 42.5 Å². The number of ether oxygens (including phenoxy) is 3. The number of aromatic amines is 1. The molecule has 5 aromatic rings. The summed E-state index contributed by atoms with van der Waals surface area (Å²) in [5.41, 5.74) is -0.0247. The van der Waals surface area contributed by atoms with Gasteiger partial charge in [-0.25, -0.2) is 4.79 Å². The smallest absolute Gasteiger partial charge is 0.334 e. The molecule has 0 spiro atoms. The lowest BCUT2D eigenvalue weighted by atomic mass is 9.99. The third kappa shape index (κ3) is 10.0. The molecule has 4 aromatic carbocycles. The number of ketones is 1. The number of nitriles is 1. The van der Waals surface area contributed by atoms with Crippen LogP contribution < -0.4 is 31.1 Å². The van der Waals surface area contributed by atoms with Crippen molar-refractivity contribution in [1.82, 2.24) is 9.55 Å². The number of Topliss-reactive ketones (excluding diaryl/α,β-unsaturated/α-hetero) is 1. The van der Waals surface area contributed by atoms with Crippen molar-refractivity contribution in [3.05, 3.63) is 153 Å². The molecule has 15 heteroatoms. The molecule has 2 heterocycles. The lowest BCUT2D eigenvalue weighted by Crippen LogP contribution is -2.67. The highest BCUT2D eigenvalue weighted by Crippen LogP contribution is 2.50. The first kappa shape index (κ1) is 44.3. The van der Waals surface area contributed by atoms with Gasteiger partial charge in [-0.1, -0.05) is 112 Å². The minimum Gasteiger partial charge on any atom is -0.497 e. The Bertz CT molecular complexity index is 2310. The van der Waals surface area contributed by atoms with E-state index >= 15 is 0 Å². The summed E-state index contributed by atoms with van der Waals surface area (Å²) in [5, 5.41) is 11.2. The summed E-state index contributed by atoms with van der Waals surface area (Å²) >= 11 is 0. The molecule has 2 unspecified atom stereocenters. The van der Waals surface area contributed by atoms with Gasteiger partial charge in [0.2, 0.25) is 0 Å². The van der Waals surface area contributed by atoms with Crippen LogP contribution in [0.15, 0.2) is 125 Å². The van der Waals surface area contributed by atoms with Crippen LogP contribution in [0.1, 0.15) is 67.4 Å². The van der Waals surface area contributed by atoms with Crippen molar-refractivity contribution in [3.8, 4) is 17.6 Å². The molecule has 0 radical (unpaired) electrons. The SMILES string of the molecule is COc1cc(OC)cc(C(OP(OCCC#N)O[C@H]2C[C@H](n3cc(C)c(=O)[nH]c3=O)O[C@@H]2CO[Si](c2ccccc2)(c2ccccc2)C(C)(C)C)C(=O)c2ccccc2)c1. The molecule has 60 heavy (non-hydrogen) atoms. The molecular formula is C45H50N3O10PSi. The molecule has 0 bridgehead atoms. The number of H-pyrrole nitrogens is 1. The number of carbonyl (C=O) groups is 1. The first-order chi connectivity index (χ1) is 28.9. The molecule has 5 atom stereocenters. The average molecular weight is 852 g/mol. The molecule has 1 aliphatic rings. The van der Waals surface area contributed by atoms with Crippen LogP contribution in [-0.2, 0) is 22.7 Å². The summed E-state index contributed by atoms with van der Waals surface area (Å²) < 4.78 is 45.9. The third-order valence-corrected chi connectivity index (χ3v) is 16.5. The number of methoxy groups -OCH3 is 2. The number of hydrogen-bond donors (Lipinski definition) is 1. The average Bonchev–Trinajstić information content (AvgIpc) is 3.66. The first-order valence-electron chi connectivity index (χ1n) is 19.6. The van der Waals surface area contributed by atoms with Crippen LogP contribution in [0.3, 0.4) is 0 Å². The maximum absolute atomic E-state index is 14.4. The van der Waals surface area contributed by atoms with E-state index in [0.717, 1.165) is 10.4 Å². The predicted molar refractivity (Wildman–Crippen MR) is 230 cm³/mol. The first-order valence-corrected chi connectivity index (χ1v) is 22.6. The quantitative estimate of drug-likeness (QED) is 0.0423. The van der Waals surface area contributed by atoms with Gasteiger partial charge in [0.15, 0.2) is 11.9 Å². The van der Waals surface area contributed by atoms with Gasteiger partial charge < -0.3 is 27.7 Å². The fraction of sp³-hybridized carbons (Fsp3) is 0.333. The van der Waals surface area contributed by atoms with Gasteiger partial charge in [-0.3, -0.25) is 23.7 Å². The zero-order valence-electron chi connectivity index (χ0n) is 34.5. The van der Waals surface area contributed by atoms with Crippen LogP contribution in [0.4, 0.5) is 0 Å². The minimum atomic E-state index is -3.09. The van der Waals surface area contributed by atoms with Crippen molar-refractivity contribution >= 4 is 33.1 Å². The number of aromatic nitrogens is 2. The second-order valence-corrected chi connectivity index (χ2v) is 20.7. The van der Waals surface area contributed by atoms with E-state index in [1.54, 1.807) is 49.4 Å². The van der Waals surface area contributed by atoms with Gasteiger partial charge in [0.05, 0.1) is 46.0 Å². The van der Waals surface area contributed by atoms with E-state index in [9.17, 15) is 19.6 Å². The Balaban J connectivity index is 1.41. The normalized spacial score (nSPS) is 17.7. The van der Waals surface area contributed by atoms with Crippen LogP contribution >= 0.6 is 8.60 Å². The van der Waals surface area contributed by atoms with E-state index in [2.05, 4.69) is 56.1 Å². The minimum absolute atomic E-state index is 0.0199. The van der Waals surface area contributed by atoms with Gasteiger partial charge in [0, 0.05) is 29.8 Å².